The van der Waals surface area contributed by atoms with Gasteiger partial charge in [-0.25, -0.2) is 0 Å². The molecule has 70 valence electrons. The van der Waals surface area contributed by atoms with E-state index in [4.69, 9.17) is 0 Å². The van der Waals surface area contributed by atoms with Gasteiger partial charge < -0.3 is 0 Å². The van der Waals surface area contributed by atoms with E-state index in [1.807, 2.05) is 0 Å². The average molecular weight is 312 g/mol. The minimum absolute atomic E-state index is 0.608. The standard InChI is InChI=1S/C9H16Br2Si/c10-4-8-6-12(2-1-3-12)7-9(8)5-11/h8-9H,1-7H2/t8-,9-/m0/s1. The van der Waals surface area contributed by atoms with Crippen LogP contribution in [0.5, 0.6) is 0 Å². The number of halogens is 2. The molecule has 12 heavy (non-hydrogen) atoms. The number of hydrogen-bond donors (Lipinski definition) is 0. The highest BCUT2D eigenvalue weighted by atomic mass is 79.9. The Morgan fingerprint density at radius 3 is 1.75 bits per heavy atom. The first kappa shape index (κ1) is 9.72. The molecule has 0 aromatic rings. The molecule has 0 amide bonds. The summed E-state index contributed by atoms with van der Waals surface area (Å²) in [5, 5.41) is 2.50. The molecule has 0 aliphatic carbocycles. The zero-order valence-electron chi connectivity index (χ0n) is 7.36. The second-order valence-electron chi connectivity index (χ2n) is 4.59. The maximum Gasteiger partial charge on any atom is 0.0541 e. The molecule has 0 bridgehead atoms. The van der Waals surface area contributed by atoms with Crippen molar-refractivity contribution in [2.45, 2.75) is 30.6 Å². The summed E-state index contributed by atoms with van der Waals surface area (Å²) in [7, 11) is -0.608. The van der Waals surface area contributed by atoms with Crippen LogP contribution < -0.4 is 0 Å². The first-order valence-corrected chi connectivity index (χ1v) is 9.99. The molecule has 0 radical (unpaired) electrons. The van der Waals surface area contributed by atoms with E-state index in [0.29, 0.717) is 0 Å². The zero-order chi connectivity index (χ0) is 8.60. The summed E-state index contributed by atoms with van der Waals surface area (Å²) >= 11 is 7.33. The van der Waals surface area contributed by atoms with Gasteiger partial charge in [-0.1, -0.05) is 62.5 Å². The number of rotatable bonds is 2. The highest BCUT2D eigenvalue weighted by molar-refractivity contribution is 9.09. The molecule has 1 spiro atoms. The fourth-order valence-corrected chi connectivity index (χ4v) is 10.9. The Hall–Kier alpha value is 1.18. The summed E-state index contributed by atoms with van der Waals surface area (Å²) in [6.07, 6.45) is 1.55. The lowest BCUT2D eigenvalue weighted by Crippen LogP contribution is -2.38. The van der Waals surface area contributed by atoms with Crippen molar-refractivity contribution in [3.05, 3.63) is 0 Å². The minimum Gasteiger partial charge on any atom is -0.0925 e. The average Bonchev–Trinajstić information content (AvgIpc) is 2.42. The van der Waals surface area contributed by atoms with Crippen LogP contribution >= 0.6 is 31.9 Å². The van der Waals surface area contributed by atoms with Gasteiger partial charge in [-0.15, -0.1) is 0 Å². The van der Waals surface area contributed by atoms with Gasteiger partial charge in [0, 0.05) is 10.7 Å². The Balaban J connectivity index is 1.99. The maximum atomic E-state index is 3.66. The lowest BCUT2D eigenvalue weighted by atomic mass is 10.0. The van der Waals surface area contributed by atoms with E-state index < -0.39 is 8.07 Å². The number of hydrogen-bond acceptors (Lipinski definition) is 0. The molecule has 0 N–H and O–H groups in total. The van der Waals surface area contributed by atoms with E-state index >= 15 is 0 Å². The molecule has 2 aliphatic rings. The topological polar surface area (TPSA) is 0 Å². The van der Waals surface area contributed by atoms with Gasteiger partial charge in [-0.05, 0) is 11.8 Å². The Bertz CT molecular complexity index is 154. The second-order valence-corrected chi connectivity index (χ2v) is 10.7. The molecule has 0 saturated carbocycles. The van der Waals surface area contributed by atoms with E-state index in [1.165, 1.54) is 10.7 Å². The fraction of sp³-hybridized carbons (Fsp3) is 1.00. The molecular weight excluding hydrogens is 296 g/mol. The van der Waals surface area contributed by atoms with Crippen LogP contribution in [0.1, 0.15) is 6.42 Å². The lowest BCUT2D eigenvalue weighted by molar-refractivity contribution is 0.507. The summed E-state index contributed by atoms with van der Waals surface area (Å²) in [4.78, 5) is 0. The zero-order valence-corrected chi connectivity index (χ0v) is 11.5. The molecular formula is C9H16Br2Si. The summed E-state index contributed by atoms with van der Waals surface area (Å²) in [5.41, 5.74) is 0. The predicted octanol–water partition coefficient (Wildman–Crippen LogP) is 3.87. The van der Waals surface area contributed by atoms with Crippen molar-refractivity contribution < 1.29 is 0 Å². The van der Waals surface area contributed by atoms with Crippen molar-refractivity contribution in [2.24, 2.45) is 11.8 Å². The SMILES string of the molecule is BrC[C@H]1C[Si]2(CCC2)C[C@@H]1CBr. The Morgan fingerprint density at radius 2 is 1.50 bits per heavy atom. The van der Waals surface area contributed by atoms with Crippen molar-refractivity contribution >= 4 is 39.9 Å². The minimum atomic E-state index is -0.608. The van der Waals surface area contributed by atoms with E-state index in [9.17, 15) is 0 Å². The molecule has 0 aromatic heterocycles. The Kier molecular flexibility index (Phi) is 3.03. The van der Waals surface area contributed by atoms with Crippen molar-refractivity contribution in [3.63, 3.8) is 0 Å². The number of alkyl halides is 2. The molecule has 2 atom stereocenters. The molecule has 2 fully saturated rings. The first-order chi connectivity index (χ1) is 5.79. The van der Waals surface area contributed by atoms with Gasteiger partial charge >= 0.3 is 0 Å². The van der Waals surface area contributed by atoms with Crippen molar-refractivity contribution in [3.8, 4) is 0 Å². The van der Waals surface area contributed by atoms with Gasteiger partial charge in [0.2, 0.25) is 0 Å². The normalized spacial score (nSPS) is 38.5. The van der Waals surface area contributed by atoms with Crippen molar-refractivity contribution in [2.75, 3.05) is 10.7 Å². The van der Waals surface area contributed by atoms with Gasteiger partial charge in [0.05, 0.1) is 8.07 Å². The van der Waals surface area contributed by atoms with E-state index in [2.05, 4.69) is 31.9 Å². The van der Waals surface area contributed by atoms with Crippen LogP contribution in [0.15, 0.2) is 0 Å². The van der Waals surface area contributed by atoms with Crippen LogP contribution in [-0.2, 0) is 0 Å². The third kappa shape index (κ3) is 1.57. The summed E-state index contributed by atoms with van der Waals surface area (Å²) in [6.45, 7) is 0. The summed E-state index contributed by atoms with van der Waals surface area (Å²) < 4.78 is 0. The van der Waals surface area contributed by atoms with Crippen LogP contribution in [0.25, 0.3) is 0 Å². The molecule has 0 unspecified atom stereocenters. The smallest absolute Gasteiger partial charge is 0.0541 e. The monoisotopic (exact) mass is 310 g/mol. The molecule has 2 saturated heterocycles. The van der Waals surface area contributed by atoms with Gasteiger partial charge in [0.25, 0.3) is 0 Å². The maximum absolute atomic E-state index is 3.66. The van der Waals surface area contributed by atoms with Gasteiger partial charge in [0.15, 0.2) is 0 Å². The molecule has 2 heterocycles. The quantitative estimate of drug-likeness (QED) is 0.536. The van der Waals surface area contributed by atoms with Crippen LogP contribution in [0, 0.1) is 11.8 Å². The largest absolute Gasteiger partial charge is 0.0925 e. The summed E-state index contributed by atoms with van der Waals surface area (Å²) in [5.74, 6) is 2.02. The third-order valence-electron chi connectivity index (χ3n) is 3.87. The van der Waals surface area contributed by atoms with E-state index in [1.54, 1.807) is 30.6 Å². The van der Waals surface area contributed by atoms with Crippen LogP contribution in [0.3, 0.4) is 0 Å². The third-order valence-corrected chi connectivity index (χ3v) is 11.1. The van der Waals surface area contributed by atoms with Crippen LogP contribution in [0.4, 0.5) is 0 Å². The van der Waals surface area contributed by atoms with Gasteiger partial charge in [-0.2, -0.15) is 0 Å². The first-order valence-electron chi connectivity index (χ1n) is 4.92. The van der Waals surface area contributed by atoms with Gasteiger partial charge in [0.1, 0.15) is 0 Å². The molecule has 0 aromatic carbocycles. The highest BCUT2D eigenvalue weighted by Crippen LogP contribution is 2.52. The van der Waals surface area contributed by atoms with E-state index in [0.717, 1.165) is 11.8 Å². The van der Waals surface area contributed by atoms with Crippen LogP contribution in [-0.4, -0.2) is 18.7 Å². The van der Waals surface area contributed by atoms with Gasteiger partial charge in [-0.3, -0.25) is 0 Å². The Morgan fingerprint density at radius 1 is 1.00 bits per heavy atom. The second kappa shape index (κ2) is 3.74. The fourth-order valence-electron chi connectivity index (χ4n) is 2.98. The lowest BCUT2D eigenvalue weighted by Gasteiger charge is -2.36. The molecule has 2 rings (SSSR count). The van der Waals surface area contributed by atoms with Crippen molar-refractivity contribution in [1.29, 1.82) is 0 Å². The van der Waals surface area contributed by atoms with E-state index in [-0.39, 0.29) is 0 Å². The molecule has 2 aliphatic heterocycles. The van der Waals surface area contributed by atoms with Crippen molar-refractivity contribution in [1.82, 2.24) is 0 Å². The predicted molar refractivity (Wildman–Crippen MR) is 64.2 cm³/mol. The van der Waals surface area contributed by atoms with Crippen LogP contribution in [0.2, 0.25) is 24.2 Å². The Labute approximate surface area is 92.8 Å². The highest BCUT2D eigenvalue weighted by Gasteiger charge is 2.49. The summed E-state index contributed by atoms with van der Waals surface area (Å²) in [6, 6.07) is 6.57. The molecule has 0 nitrogen and oxygen atoms in total. The molecule has 3 heteroatoms.